The van der Waals surface area contributed by atoms with Gasteiger partial charge in [0.1, 0.15) is 11.5 Å². The monoisotopic (exact) mass is 285 g/mol. The lowest BCUT2D eigenvalue weighted by Gasteiger charge is -2.30. The summed E-state index contributed by atoms with van der Waals surface area (Å²) in [6.45, 7) is 6.17. The van der Waals surface area contributed by atoms with E-state index in [0.29, 0.717) is 0 Å². The van der Waals surface area contributed by atoms with Crippen LogP contribution in [0.2, 0.25) is 0 Å². The molecule has 2 aromatic carbocycles. The summed E-state index contributed by atoms with van der Waals surface area (Å²) in [5.41, 5.74) is 10.3. The van der Waals surface area contributed by atoms with Crippen molar-refractivity contribution < 1.29 is 9.47 Å². The molecule has 2 aromatic rings. The highest BCUT2D eigenvalue weighted by molar-refractivity contribution is 5.54. The second-order valence-electron chi connectivity index (χ2n) is 5.54. The first-order chi connectivity index (χ1) is 9.91. The van der Waals surface area contributed by atoms with Crippen molar-refractivity contribution in [3.63, 3.8) is 0 Å². The van der Waals surface area contributed by atoms with E-state index in [1.165, 1.54) is 11.1 Å². The van der Waals surface area contributed by atoms with E-state index < -0.39 is 5.54 Å². The molecule has 0 aromatic heterocycles. The van der Waals surface area contributed by atoms with Crippen molar-refractivity contribution in [1.82, 2.24) is 0 Å². The zero-order valence-corrected chi connectivity index (χ0v) is 13.4. The Bertz CT molecular complexity index is 625. The Kier molecular flexibility index (Phi) is 4.24. The molecule has 0 saturated heterocycles. The van der Waals surface area contributed by atoms with Gasteiger partial charge in [-0.3, -0.25) is 0 Å². The van der Waals surface area contributed by atoms with Gasteiger partial charge in [-0.2, -0.15) is 0 Å². The SMILES string of the molecule is COc1cccc(OC)c1C(C)(N)c1ccc(C)c(C)c1. The fourth-order valence-electron chi connectivity index (χ4n) is 2.57. The summed E-state index contributed by atoms with van der Waals surface area (Å²) < 4.78 is 11.0. The Morgan fingerprint density at radius 3 is 1.95 bits per heavy atom. The van der Waals surface area contributed by atoms with Gasteiger partial charge in [0, 0.05) is 0 Å². The van der Waals surface area contributed by atoms with Gasteiger partial charge in [-0.1, -0.05) is 24.3 Å². The van der Waals surface area contributed by atoms with Crippen LogP contribution in [0.15, 0.2) is 36.4 Å². The van der Waals surface area contributed by atoms with Crippen LogP contribution in [0.3, 0.4) is 0 Å². The second-order valence-corrected chi connectivity index (χ2v) is 5.54. The fourth-order valence-corrected chi connectivity index (χ4v) is 2.57. The summed E-state index contributed by atoms with van der Waals surface area (Å²) in [5, 5.41) is 0. The molecular formula is C18H23NO2. The predicted molar refractivity (Wildman–Crippen MR) is 86.1 cm³/mol. The largest absolute Gasteiger partial charge is 0.496 e. The molecule has 0 fully saturated rings. The normalized spacial score (nSPS) is 13.6. The van der Waals surface area contributed by atoms with Crippen LogP contribution in [0.5, 0.6) is 11.5 Å². The summed E-state index contributed by atoms with van der Waals surface area (Å²) in [7, 11) is 3.30. The third-order valence-electron chi connectivity index (χ3n) is 4.05. The molecule has 0 bridgehead atoms. The molecule has 1 atom stereocenters. The van der Waals surface area contributed by atoms with Gasteiger partial charge in [-0.05, 0) is 49.6 Å². The molecule has 21 heavy (non-hydrogen) atoms. The topological polar surface area (TPSA) is 44.5 Å². The smallest absolute Gasteiger partial charge is 0.127 e. The quantitative estimate of drug-likeness (QED) is 0.934. The number of nitrogens with two attached hydrogens (primary N) is 1. The second kappa shape index (κ2) is 5.78. The highest BCUT2D eigenvalue weighted by atomic mass is 16.5. The van der Waals surface area contributed by atoms with E-state index in [0.717, 1.165) is 22.6 Å². The summed E-state index contributed by atoms with van der Waals surface area (Å²) >= 11 is 0. The maximum atomic E-state index is 6.67. The highest BCUT2D eigenvalue weighted by Gasteiger charge is 2.31. The van der Waals surface area contributed by atoms with Crippen LogP contribution in [0.25, 0.3) is 0 Å². The lowest BCUT2D eigenvalue weighted by molar-refractivity contribution is 0.369. The van der Waals surface area contributed by atoms with Crippen molar-refractivity contribution in [2.45, 2.75) is 26.3 Å². The summed E-state index contributed by atoms with van der Waals surface area (Å²) in [6.07, 6.45) is 0. The summed E-state index contributed by atoms with van der Waals surface area (Å²) in [6, 6.07) is 12.0. The fraction of sp³-hybridized carbons (Fsp3) is 0.333. The molecule has 0 heterocycles. The van der Waals surface area contributed by atoms with Gasteiger partial charge in [0.2, 0.25) is 0 Å². The minimum Gasteiger partial charge on any atom is -0.496 e. The maximum Gasteiger partial charge on any atom is 0.127 e. The predicted octanol–water partition coefficient (Wildman–Crippen LogP) is 3.54. The highest BCUT2D eigenvalue weighted by Crippen LogP contribution is 2.40. The lowest BCUT2D eigenvalue weighted by Crippen LogP contribution is -2.35. The van der Waals surface area contributed by atoms with Crippen LogP contribution in [0.4, 0.5) is 0 Å². The number of hydrogen-bond donors (Lipinski definition) is 1. The summed E-state index contributed by atoms with van der Waals surface area (Å²) in [4.78, 5) is 0. The van der Waals surface area contributed by atoms with Gasteiger partial charge in [0.15, 0.2) is 0 Å². The minimum absolute atomic E-state index is 0.698. The Labute approximate surface area is 126 Å². The Balaban J connectivity index is 2.65. The van der Waals surface area contributed by atoms with Gasteiger partial charge in [-0.25, -0.2) is 0 Å². The molecule has 2 N–H and O–H groups in total. The molecule has 1 unspecified atom stereocenters. The van der Waals surface area contributed by atoms with Crippen LogP contribution in [0.1, 0.15) is 29.2 Å². The van der Waals surface area contributed by atoms with Gasteiger partial charge >= 0.3 is 0 Å². The number of methoxy groups -OCH3 is 2. The molecule has 0 saturated carbocycles. The summed E-state index contributed by atoms with van der Waals surface area (Å²) in [5.74, 6) is 1.47. The van der Waals surface area contributed by atoms with Crippen LogP contribution in [0, 0.1) is 13.8 Å². The van der Waals surface area contributed by atoms with Crippen molar-refractivity contribution in [3.8, 4) is 11.5 Å². The first-order valence-electron chi connectivity index (χ1n) is 7.00. The molecule has 3 nitrogen and oxygen atoms in total. The van der Waals surface area contributed by atoms with E-state index in [2.05, 4.69) is 32.0 Å². The number of benzene rings is 2. The zero-order valence-electron chi connectivity index (χ0n) is 13.4. The molecule has 112 valence electrons. The average molecular weight is 285 g/mol. The molecule has 2 rings (SSSR count). The molecule has 0 aliphatic heterocycles. The van der Waals surface area contributed by atoms with Gasteiger partial charge in [0.05, 0.1) is 25.3 Å². The van der Waals surface area contributed by atoms with Crippen LogP contribution in [-0.2, 0) is 5.54 Å². The Morgan fingerprint density at radius 2 is 1.48 bits per heavy atom. The lowest BCUT2D eigenvalue weighted by atomic mass is 9.83. The molecule has 0 radical (unpaired) electrons. The number of rotatable bonds is 4. The molecule has 0 amide bonds. The van der Waals surface area contributed by atoms with Crippen molar-refractivity contribution >= 4 is 0 Å². The van der Waals surface area contributed by atoms with Crippen LogP contribution in [-0.4, -0.2) is 14.2 Å². The van der Waals surface area contributed by atoms with E-state index >= 15 is 0 Å². The van der Waals surface area contributed by atoms with E-state index in [1.54, 1.807) is 14.2 Å². The zero-order chi connectivity index (χ0) is 15.6. The Morgan fingerprint density at radius 1 is 0.905 bits per heavy atom. The van der Waals surface area contributed by atoms with Crippen molar-refractivity contribution in [1.29, 1.82) is 0 Å². The van der Waals surface area contributed by atoms with Gasteiger partial charge in [-0.15, -0.1) is 0 Å². The molecular weight excluding hydrogens is 262 g/mol. The third-order valence-corrected chi connectivity index (χ3v) is 4.05. The first kappa shape index (κ1) is 15.4. The van der Waals surface area contributed by atoms with Crippen LogP contribution >= 0.6 is 0 Å². The number of ether oxygens (including phenoxy) is 2. The number of hydrogen-bond acceptors (Lipinski definition) is 3. The molecule has 0 spiro atoms. The van der Waals surface area contributed by atoms with E-state index in [4.69, 9.17) is 15.2 Å². The van der Waals surface area contributed by atoms with Crippen molar-refractivity contribution in [3.05, 3.63) is 58.7 Å². The van der Waals surface area contributed by atoms with Gasteiger partial charge < -0.3 is 15.2 Å². The molecule has 0 aliphatic rings. The maximum absolute atomic E-state index is 6.67. The molecule has 0 aliphatic carbocycles. The van der Waals surface area contributed by atoms with Crippen LogP contribution < -0.4 is 15.2 Å². The molecule has 3 heteroatoms. The third kappa shape index (κ3) is 2.74. The Hall–Kier alpha value is -2.00. The number of aryl methyl sites for hydroxylation is 2. The van der Waals surface area contributed by atoms with Crippen molar-refractivity contribution in [2.24, 2.45) is 5.73 Å². The van der Waals surface area contributed by atoms with Gasteiger partial charge in [0.25, 0.3) is 0 Å². The van der Waals surface area contributed by atoms with E-state index in [-0.39, 0.29) is 0 Å². The minimum atomic E-state index is -0.698. The first-order valence-corrected chi connectivity index (χ1v) is 7.00. The van der Waals surface area contributed by atoms with Crippen molar-refractivity contribution in [2.75, 3.05) is 14.2 Å². The van der Waals surface area contributed by atoms with E-state index in [1.807, 2.05) is 25.1 Å². The van der Waals surface area contributed by atoms with E-state index in [9.17, 15) is 0 Å². The average Bonchev–Trinajstić information content (AvgIpc) is 2.48. The standard InChI is InChI=1S/C18H23NO2/c1-12-9-10-14(11-13(12)2)18(3,19)17-15(20-4)7-6-8-16(17)21-5/h6-11H,19H2,1-5H3.